The number of methoxy groups -OCH3 is 1. The second-order valence-corrected chi connectivity index (χ2v) is 3.40. The Bertz CT molecular complexity index is 385. The van der Waals surface area contributed by atoms with Crippen LogP contribution < -0.4 is 9.68 Å². The average molecular weight is 255 g/mol. The summed E-state index contributed by atoms with van der Waals surface area (Å²) in [6.07, 6.45) is 0. The van der Waals surface area contributed by atoms with E-state index in [9.17, 15) is 4.79 Å². The van der Waals surface area contributed by atoms with Gasteiger partial charge in [-0.1, -0.05) is 12.1 Å². The predicted molar refractivity (Wildman–Crippen MR) is 58.3 cm³/mol. The summed E-state index contributed by atoms with van der Waals surface area (Å²) in [5, 5.41) is 1.24. The van der Waals surface area contributed by atoms with Crippen molar-refractivity contribution >= 4 is 5.97 Å². The van der Waals surface area contributed by atoms with Crippen LogP contribution in [0.25, 0.3) is 0 Å². The van der Waals surface area contributed by atoms with E-state index in [1.807, 2.05) is 12.1 Å². The molecule has 7 nitrogen and oxygen atoms in total. The van der Waals surface area contributed by atoms with E-state index in [1.165, 1.54) is 12.3 Å². The molecule has 18 heavy (non-hydrogen) atoms. The van der Waals surface area contributed by atoms with Crippen molar-refractivity contribution < 1.29 is 29.0 Å². The SMILES string of the molecule is COCC(=O)OOCCN1Oc2ccccc2O1. The first kappa shape index (κ1) is 12.6. The molecule has 0 saturated heterocycles. The minimum atomic E-state index is -0.593. The molecular formula is C11H13NO6. The van der Waals surface area contributed by atoms with Gasteiger partial charge in [0.25, 0.3) is 0 Å². The molecule has 1 aliphatic heterocycles. The van der Waals surface area contributed by atoms with E-state index in [0.717, 1.165) is 0 Å². The van der Waals surface area contributed by atoms with Crippen LogP contribution in [0.4, 0.5) is 0 Å². The van der Waals surface area contributed by atoms with Gasteiger partial charge in [-0.25, -0.2) is 4.79 Å². The lowest BCUT2D eigenvalue weighted by molar-refractivity contribution is -0.296. The first-order valence-corrected chi connectivity index (χ1v) is 5.33. The van der Waals surface area contributed by atoms with E-state index < -0.39 is 5.97 Å². The van der Waals surface area contributed by atoms with E-state index in [0.29, 0.717) is 11.5 Å². The van der Waals surface area contributed by atoms with Crippen molar-refractivity contribution in [3.63, 3.8) is 0 Å². The standard InChI is InChI=1S/C11H13NO6/c1-14-8-11(13)18-15-7-6-12-16-9-4-2-3-5-10(9)17-12/h2-5H,6-8H2,1H3. The highest BCUT2D eigenvalue weighted by atomic mass is 17.2. The smallest absolute Gasteiger partial charge is 0.367 e. The van der Waals surface area contributed by atoms with Crippen LogP contribution in [-0.4, -0.2) is 38.1 Å². The molecule has 2 rings (SSSR count). The molecule has 0 saturated carbocycles. The van der Waals surface area contributed by atoms with Gasteiger partial charge in [-0.15, -0.1) is 0 Å². The number of nitrogens with zero attached hydrogens (tertiary/aromatic N) is 1. The van der Waals surface area contributed by atoms with Gasteiger partial charge in [0.05, 0.1) is 0 Å². The molecule has 0 N–H and O–H groups in total. The average Bonchev–Trinajstić information content (AvgIpc) is 2.77. The molecule has 1 aliphatic rings. The fraction of sp³-hybridized carbons (Fsp3) is 0.364. The number of rotatable bonds is 6. The van der Waals surface area contributed by atoms with Crippen LogP contribution in [0.1, 0.15) is 0 Å². The Morgan fingerprint density at radius 1 is 1.28 bits per heavy atom. The summed E-state index contributed by atoms with van der Waals surface area (Å²) in [6.45, 7) is 0.251. The van der Waals surface area contributed by atoms with Crippen LogP contribution in [0.2, 0.25) is 0 Å². The van der Waals surface area contributed by atoms with Crippen LogP contribution in [0.5, 0.6) is 11.5 Å². The molecule has 0 aliphatic carbocycles. The van der Waals surface area contributed by atoms with Gasteiger partial charge in [-0.3, -0.25) is 4.89 Å². The quantitative estimate of drug-likeness (QED) is 0.421. The molecule has 0 unspecified atom stereocenters. The second kappa shape index (κ2) is 6.20. The molecule has 0 aromatic heterocycles. The van der Waals surface area contributed by atoms with Crippen LogP contribution in [0.15, 0.2) is 24.3 Å². The van der Waals surface area contributed by atoms with Gasteiger partial charge in [0.2, 0.25) is 0 Å². The zero-order chi connectivity index (χ0) is 12.8. The van der Waals surface area contributed by atoms with Crippen LogP contribution in [-0.2, 0) is 19.3 Å². The number of carbonyl (C=O) groups excluding carboxylic acids is 1. The number of benzene rings is 1. The van der Waals surface area contributed by atoms with Gasteiger partial charge in [0, 0.05) is 12.3 Å². The largest absolute Gasteiger partial charge is 0.373 e. The molecule has 1 aromatic carbocycles. The lowest BCUT2D eigenvalue weighted by Crippen LogP contribution is -2.30. The summed E-state index contributed by atoms with van der Waals surface area (Å²) in [5.41, 5.74) is 0. The number of hydrogen-bond acceptors (Lipinski definition) is 7. The third-order valence-corrected chi connectivity index (χ3v) is 2.02. The van der Waals surface area contributed by atoms with E-state index in [1.54, 1.807) is 12.1 Å². The number of para-hydroxylation sites is 2. The molecule has 1 aromatic rings. The minimum Gasteiger partial charge on any atom is -0.373 e. The zero-order valence-electron chi connectivity index (χ0n) is 9.83. The molecule has 98 valence electrons. The van der Waals surface area contributed by atoms with Gasteiger partial charge in [0.1, 0.15) is 19.8 Å². The van der Waals surface area contributed by atoms with E-state index in [4.69, 9.17) is 9.68 Å². The fourth-order valence-electron chi connectivity index (χ4n) is 1.29. The second-order valence-electron chi connectivity index (χ2n) is 3.40. The van der Waals surface area contributed by atoms with E-state index >= 15 is 0 Å². The first-order valence-electron chi connectivity index (χ1n) is 5.33. The summed E-state index contributed by atoms with van der Waals surface area (Å²) in [4.78, 5) is 30.6. The highest BCUT2D eigenvalue weighted by Crippen LogP contribution is 2.32. The third kappa shape index (κ3) is 3.33. The maximum Gasteiger partial charge on any atom is 0.367 e. The summed E-state index contributed by atoms with van der Waals surface area (Å²) < 4.78 is 4.56. The highest BCUT2D eigenvalue weighted by molar-refractivity contribution is 5.69. The lowest BCUT2D eigenvalue weighted by atomic mass is 10.3. The van der Waals surface area contributed by atoms with E-state index in [2.05, 4.69) is 14.5 Å². The molecule has 0 bridgehead atoms. The first-order chi connectivity index (χ1) is 8.79. The van der Waals surface area contributed by atoms with Crippen molar-refractivity contribution in [2.75, 3.05) is 26.9 Å². The Morgan fingerprint density at radius 2 is 1.94 bits per heavy atom. The third-order valence-electron chi connectivity index (χ3n) is 2.02. The fourth-order valence-corrected chi connectivity index (χ4v) is 1.29. The van der Waals surface area contributed by atoms with Gasteiger partial charge < -0.3 is 14.4 Å². The summed E-state index contributed by atoms with van der Waals surface area (Å²) in [5.74, 6) is 0.673. The monoisotopic (exact) mass is 255 g/mol. The van der Waals surface area contributed by atoms with Gasteiger partial charge in [-0.2, -0.15) is 4.89 Å². The summed E-state index contributed by atoms with van der Waals surface area (Å²) in [7, 11) is 1.39. The van der Waals surface area contributed by atoms with Gasteiger partial charge in [-0.05, 0) is 12.1 Å². The number of carbonyl (C=O) groups is 1. The Hall–Kier alpha value is -1.83. The Kier molecular flexibility index (Phi) is 4.35. The van der Waals surface area contributed by atoms with Crippen molar-refractivity contribution in [1.29, 1.82) is 0 Å². The zero-order valence-corrected chi connectivity index (χ0v) is 9.83. The summed E-state index contributed by atoms with van der Waals surface area (Å²) >= 11 is 0. The van der Waals surface area contributed by atoms with Crippen LogP contribution in [0.3, 0.4) is 0 Å². The van der Waals surface area contributed by atoms with Crippen molar-refractivity contribution in [3.8, 4) is 11.5 Å². The molecule has 0 radical (unpaired) electrons. The van der Waals surface area contributed by atoms with Crippen LogP contribution in [0, 0.1) is 0 Å². The minimum absolute atomic E-state index is 0.115. The molecule has 0 fully saturated rings. The molecule has 0 atom stereocenters. The highest BCUT2D eigenvalue weighted by Gasteiger charge is 2.22. The molecular weight excluding hydrogens is 242 g/mol. The van der Waals surface area contributed by atoms with Gasteiger partial charge in [0.15, 0.2) is 11.5 Å². The molecule has 0 spiro atoms. The number of fused-ring (bicyclic) bond motifs is 1. The van der Waals surface area contributed by atoms with E-state index in [-0.39, 0.29) is 19.8 Å². The Morgan fingerprint density at radius 3 is 2.56 bits per heavy atom. The maximum absolute atomic E-state index is 10.9. The van der Waals surface area contributed by atoms with Crippen molar-refractivity contribution in [2.24, 2.45) is 0 Å². The summed E-state index contributed by atoms with van der Waals surface area (Å²) in [6, 6.07) is 7.26. The van der Waals surface area contributed by atoms with Crippen molar-refractivity contribution in [3.05, 3.63) is 24.3 Å². The lowest BCUT2D eigenvalue weighted by Gasteiger charge is -2.11. The predicted octanol–water partition coefficient (Wildman–Crippen LogP) is 0.711. The molecule has 0 amide bonds. The topological polar surface area (TPSA) is 66.5 Å². The molecule has 1 heterocycles. The number of hydrogen-bond donors (Lipinski definition) is 0. The van der Waals surface area contributed by atoms with Crippen molar-refractivity contribution in [2.45, 2.75) is 0 Å². The van der Waals surface area contributed by atoms with Crippen LogP contribution >= 0.6 is 0 Å². The molecule has 7 heteroatoms. The number of ether oxygens (including phenoxy) is 1. The number of hydroxylamine groups is 2. The van der Waals surface area contributed by atoms with Crippen molar-refractivity contribution in [1.82, 2.24) is 5.23 Å². The Balaban J connectivity index is 1.64. The Labute approximate surface area is 104 Å². The maximum atomic E-state index is 10.9. The normalized spacial score (nSPS) is 13.6. The van der Waals surface area contributed by atoms with Gasteiger partial charge >= 0.3 is 5.97 Å².